The maximum atomic E-state index is 13.0. The number of hydrogen-bond donors (Lipinski definition) is 0. The molecule has 2 aromatic carbocycles. The second-order valence-electron chi connectivity index (χ2n) is 6.71. The van der Waals surface area contributed by atoms with Crippen LogP contribution in [0.4, 0.5) is 0 Å². The number of carbonyl (C=O) groups excluding carboxylic acids is 1. The van der Waals surface area contributed by atoms with E-state index in [2.05, 4.69) is 12.3 Å². The molecule has 2 aromatic rings. The molecule has 0 bridgehead atoms. The van der Waals surface area contributed by atoms with Crippen LogP contribution in [0.3, 0.4) is 0 Å². The van der Waals surface area contributed by atoms with Crippen LogP contribution in [0.1, 0.15) is 27.0 Å². The van der Waals surface area contributed by atoms with Gasteiger partial charge in [0, 0.05) is 30.2 Å². The van der Waals surface area contributed by atoms with Crippen molar-refractivity contribution in [3.8, 4) is 23.4 Å². The van der Waals surface area contributed by atoms with Crippen molar-refractivity contribution >= 4 is 17.7 Å². The van der Waals surface area contributed by atoms with E-state index in [0.717, 1.165) is 46.8 Å². The topological polar surface area (TPSA) is 71.1 Å². The Bertz CT molecular complexity index is 965. The molecular weight excluding hydrogens is 356 g/mol. The van der Waals surface area contributed by atoms with Gasteiger partial charge in [0.1, 0.15) is 0 Å². The molecule has 1 saturated heterocycles. The van der Waals surface area contributed by atoms with Gasteiger partial charge >= 0.3 is 0 Å². The summed E-state index contributed by atoms with van der Waals surface area (Å²) in [6.45, 7) is 2.64. The van der Waals surface area contributed by atoms with E-state index < -0.39 is 0 Å². The first-order chi connectivity index (χ1) is 13.2. The molecule has 0 aromatic heterocycles. The number of nitriles is 2. The summed E-state index contributed by atoms with van der Waals surface area (Å²) < 4.78 is 0. The van der Waals surface area contributed by atoms with Crippen molar-refractivity contribution in [1.29, 1.82) is 10.5 Å². The second-order valence-corrected chi connectivity index (χ2v) is 7.94. The predicted molar refractivity (Wildman–Crippen MR) is 105 cm³/mol. The van der Waals surface area contributed by atoms with E-state index >= 15 is 0 Å². The molecule has 6 heteroatoms. The SMILES string of the molecule is N#Cc1ccc(-c2cc(C(=O)N3CCSCC3)cc3c2CN(C#N)C3)cc1. The van der Waals surface area contributed by atoms with E-state index in [-0.39, 0.29) is 5.91 Å². The Morgan fingerprint density at radius 3 is 2.44 bits per heavy atom. The van der Waals surface area contributed by atoms with Crippen LogP contribution in [-0.4, -0.2) is 40.3 Å². The Labute approximate surface area is 162 Å². The van der Waals surface area contributed by atoms with Gasteiger partial charge in [-0.3, -0.25) is 4.79 Å². The molecule has 2 aliphatic rings. The zero-order chi connectivity index (χ0) is 18.8. The van der Waals surface area contributed by atoms with Crippen molar-refractivity contribution in [3.05, 3.63) is 58.7 Å². The molecule has 0 spiro atoms. The van der Waals surface area contributed by atoms with Crippen molar-refractivity contribution < 1.29 is 4.79 Å². The Kier molecular flexibility index (Phi) is 4.75. The molecule has 0 radical (unpaired) electrons. The number of fused-ring (bicyclic) bond motifs is 1. The molecule has 0 saturated carbocycles. The third-order valence-corrected chi connectivity index (χ3v) is 6.01. The van der Waals surface area contributed by atoms with Crippen molar-refractivity contribution in [2.75, 3.05) is 24.6 Å². The molecule has 0 unspecified atom stereocenters. The average Bonchev–Trinajstić information content (AvgIpc) is 3.16. The number of thioether (sulfide) groups is 1. The summed E-state index contributed by atoms with van der Waals surface area (Å²) in [4.78, 5) is 16.6. The number of hydrogen-bond acceptors (Lipinski definition) is 5. The monoisotopic (exact) mass is 374 g/mol. The molecule has 5 nitrogen and oxygen atoms in total. The molecule has 27 heavy (non-hydrogen) atoms. The highest BCUT2D eigenvalue weighted by molar-refractivity contribution is 7.99. The Balaban J connectivity index is 1.77. The number of carbonyl (C=O) groups is 1. The van der Waals surface area contributed by atoms with E-state index in [1.165, 1.54) is 0 Å². The van der Waals surface area contributed by atoms with E-state index in [9.17, 15) is 10.1 Å². The summed E-state index contributed by atoms with van der Waals surface area (Å²) in [5.74, 6) is 2.01. The maximum Gasteiger partial charge on any atom is 0.253 e. The van der Waals surface area contributed by atoms with Gasteiger partial charge in [-0.25, -0.2) is 0 Å². The van der Waals surface area contributed by atoms with Gasteiger partial charge in [0.25, 0.3) is 5.91 Å². The Morgan fingerprint density at radius 1 is 1.04 bits per heavy atom. The molecule has 4 rings (SSSR count). The third kappa shape index (κ3) is 3.37. The van der Waals surface area contributed by atoms with Crippen molar-refractivity contribution in [2.45, 2.75) is 13.1 Å². The van der Waals surface area contributed by atoms with E-state index in [1.807, 2.05) is 40.9 Å². The van der Waals surface area contributed by atoms with Gasteiger partial charge in [0.05, 0.1) is 24.7 Å². The largest absolute Gasteiger partial charge is 0.337 e. The van der Waals surface area contributed by atoms with Crippen LogP contribution in [0.2, 0.25) is 0 Å². The van der Waals surface area contributed by atoms with Crippen LogP contribution in [0.25, 0.3) is 11.1 Å². The summed E-state index contributed by atoms with van der Waals surface area (Å²) in [6, 6.07) is 13.4. The zero-order valence-corrected chi connectivity index (χ0v) is 15.6. The molecule has 0 N–H and O–H groups in total. The van der Waals surface area contributed by atoms with Crippen LogP contribution in [0.5, 0.6) is 0 Å². The smallest absolute Gasteiger partial charge is 0.253 e. The van der Waals surface area contributed by atoms with Crippen molar-refractivity contribution in [2.24, 2.45) is 0 Å². The Morgan fingerprint density at radius 2 is 1.78 bits per heavy atom. The molecule has 0 atom stereocenters. The minimum Gasteiger partial charge on any atom is -0.337 e. The number of rotatable bonds is 2. The van der Waals surface area contributed by atoms with Gasteiger partial charge < -0.3 is 9.80 Å². The summed E-state index contributed by atoms with van der Waals surface area (Å²) in [5.41, 5.74) is 5.35. The van der Waals surface area contributed by atoms with Crippen molar-refractivity contribution in [3.63, 3.8) is 0 Å². The lowest BCUT2D eigenvalue weighted by Gasteiger charge is -2.27. The van der Waals surface area contributed by atoms with Crippen LogP contribution >= 0.6 is 11.8 Å². The second kappa shape index (κ2) is 7.34. The van der Waals surface area contributed by atoms with Gasteiger partial charge in [-0.15, -0.1) is 0 Å². The fourth-order valence-corrected chi connectivity index (χ4v) is 4.54. The summed E-state index contributed by atoms with van der Waals surface area (Å²) in [6.07, 6.45) is 2.21. The van der Waals surface area contributed by atoms with Gasteiger partial charge in [-0.1, -0.05) is 12.1 Å². The summed E-state index contributed by atoms with van der Waals surface area (Å²) in [7, 11) is 0. The number of nitrogens with zero attached hydrogens (tertiary/aromatic N) is 4. The van der Waals surface area contributed by atoms with Gasteiger partial charge in [-0.2, -0.15) is 22.3 Å². The fourth-order valence-electron chi connectivity index (χ4n) is 3.64. The maximum absolute atomic E-state index is 13.0. The molecule has 1 amide bonds. The predicted octanol–water partition coefficient (Wildman–Crippen LogP) is 3.21. The van der Waals surface area contributed by atoms with Gasteiger partial charge in [0.15, 0.2) is 6.19 Å². The van der Waals surface area contributed by atoms with E-state index in [1.54, 1.807) is 17.0 Å². The lowest BCUT2D eigenvalue weighted by molar-refractivity contribution is 0.0772. The lowest BCUT2D eigenvalue weighted by Crippen LogP contribution is -2.37. The molecule has 2 aliphatic heterocycles. The van der Waals surface area contributed by atoms with Crippen LogP contribution in [0.15, 0.2) is 36.4 Å². The highest BCUT2D eigenvalue weighted by Crippen LogP contribution is 2.34. The first kappa shape index (κ1) is 17.5. The van der Waals surface area contributed by atoms with E-state index in [0.29, 0.717) is 24.2 Å². The number of benzene rings is 2. The summed E-state index contributed by atoms with van der Waals surface area (Å²) in [5, 5.41) is 18.3. The molecular formula is C21H18N4OS. The van der Waals surface area contributed by atoms with Gasteiger partial charge in [-0.05, 0) is 46.5 Å². The molecule has 134 valence electrons. The standard InChI is InChI=1S/C21H18N4OS/c22-11-15-1-3-16(4-2-15)19-10-17(21(26)25-5-7-27-8-6-25)9-18-12-24(14-23)13-20(18)19/h1-4,9-10H,5-8,12-13H2. The molecule has 2 heterocycles. The highest BCUT2D eigenvalue weighted by Gasteiger charge is 2.26. The number of amides is 1. The quantitative estimate of drug-likeness (QED) is 0.755. The van der Waals surface area contributed by atoms with E-state index in [4.69, 9.17) is 5.26 Å². The first-order valence-corrected chi connectivity index (χ1v) is 10.0. The first-order valence-electron chi connectivity index (χ1n) is 8.87. The van der Waals surface area contributed by atoms with Crippen LogP contribution < -0.4 is 0 Å². The normalized spacial score (nSPS) is 15.8. The van der Waals surface area contributed by atoms with Gasteiger partial charge in [0.2, 0.25) is 0 Å². The van der Waals surface area contributed by atoms with Crippen LogP contribution in [0, 0.1) is 22.8 Å². The average molecular weight is 374 g/mol. The van der Waals surface area contributed by atoms with Crippen molar-refractivity contribution in [1.82, 2.24) is 9.80 Å². The molecule has 1 fully saturated rings. The highest BCUT2D eigenvalue weighted by atomic mass is 32.2. The third-order valence-electron chi connectivity index (χ3n) is 5.06. The fraction of sp³-hybridized carbons (Fsp3) is 0.286. The molecule has 0 aliphatic carbocycles. The summed E-state index contributed by atoms with van der Waals surface area (Å²) >= 11 is 1.88. The zero-order valence-electron chi connectivity index (χ0n) is 14.8. The minimum absolute atomic E-state index is 0.0587. The Hall–Kier alpha value is -2.96. The minimum atomic E-state index is 0.0587. The lowest BCUT2D eigenvalue weighted by atomic mass is 9.93. The van der Waals surface area contributed by atoms with Crippen LogP contribution in [-0.2, 0) is 13.1 Å².